The SMILES string of the molecule is COc1cc(C(Nc2cc3ccccc3o2)(c2cccc(C#N)c2)C2(C)OCCO2)ccn1. The zero-order valence-corrected chi connectivity index (χ0v) is 18.4. The minimum atomic E-state index is -1.13. The third kappa shape index (κ3) is 3.50. The van der Waals surface area contributed by atoms with Crippen molar-refractivity contribution >= 4 is 16.9 Å². The van der Waals surface area contributed by atoms with Crippen molar-refractivity contribution in [2.75, 3.05) is 25.6 Å². The van der Waals surface area contributed by atoms with Crippen molar-refractivity contribution in [2.24, 2.45) is 0 Å². The van der Waals surface area contributed by atoms with Crippen LogP contribution in [0.25, 0.3) is 11.0 Å². The van der Waals surface area contributed by atoms with Gasteiger partial charge in [-0.3, -0.25) is 0 Å². The summed E-state index contributed by atoms with van der Waals surface area (Å²) in [5.41, 5.74) is 1.74. The van der Waals surface area contributed by atoms with Gasteiger partial charge in [0.05, 0.1) is 32.0 Å². The summed E-state index contributed by atoms with van der Waals surface area (Å²) in [4.78, 5) is 4.28. The van der Waals surface area contributed by atoms with Crippen LogP contribution in [-0.2, 0) is 15.0 Å². The monoisotopic (exact) mass is 441 g/mol. The molecule has 0 spiro atoms. The van der Waals surface area contributed by atoms with Gasteiger partial charge in [-0.15, -0.1) is 0 Å². The number of hydrogen-bond acceptors (Lipinski definition) is 7. The van der Waals surface area contributed by atoms with Gasteiger partial charge in [-0.25, -0.2) is 4.98 Å². The number of ether oxygens (including phenoxy) is 3. The van der Waals surface area contributed by atoms with E-state index < -0.39 is 11.3 Å². The number of methoxy groups -OCH3 is 1. The van der Waals surface area contributed by atoms with Gasteiger partial charge >= 0.3 is 0 Å². The molecule has 1 aliphatic rings. The molecular formula is C26H23N3O4. The molecule has 2 aromatic carbocycles. The van der Waals surface area contributed by atoms with E-state index in [0.29, 0.717) is 30.5 Å². The molecule has 4 aromatic rings. The first kappa shape index (κ1) is 21.0. The number of furan rings is 1. The quantitative estimate of drug-likeness (QED) is 0.458. The predicted octanol–water partition coefficient (Wildman–Crippen LogP) is 4.83. The third-order valence-corrected chi connectivity index (χ3v) is 6.06. The van der Waals surface area contributed by atoms with Crippen LogP contribution < -0.4 is 10.1 Å². The van der Waals surface area contributed by atoms with Gasteiger partial charge in [0.15, 0.2) is 11.7 Å². The van der Waals surface area contributed by atoms with Crippen LogP contribution >= 0.6 is 0 Å². The van der Waals surface area contributed by atoms with E-state index in [1.807, 2.05) is 67.6 Å². The van der Waals surface area contributed by atoms with Gasteiger partial charge in [-0.05, 0) is 42.3 Å². The Kier molecular flexibility index (Phi) is 5.25. The van der Waals surface area contributed by atoms with Crippen molar-refractivity contribution in [3.05, 3.63) is 89.6 Å². The molecule has 1 aliphatic heterocycles. The molecule has 5 rings (SSSR count). The summed E-state index contributed by atoms with van der Waals surface area (Å²) in [6.07, 6.45) is 1.68. The Morgan fingerprint density at radius 3 is 2.58 bits per heavy atom. The largest absolute Gasteiger partial charge is 0.481 e. The number of nitrogens with zero attached hydrogens (tertiary/aromatic N) is 2. The van der Waals surface area contributed by atoms with Gasteiger partial charge in [-0.2, -0.15) is 5.26 Å². The molecular weight excluding hydrogens is 418 g/mol. The van der Waals surface area contributed by atoms with E-state index in [1.165, 1.54) is 0 Å². The van der Waals surface area contributed by atoms with Gasteiger partial charge in [0.25, 0.3) is 0 Å². The lowest BCUT2D eigenvalue weighted by Gasteiger charge is -2.46. The van der Waals surface area contributed by atoms with Gasteiger partial charge in [0.1, 0.15) is 11.1 Å². The van der Waals surface area contributed by atoms with Gasteiger partial charge < -0.3 is 23.9 Å². The minimum absolute atomic E-state index is 0.431. The smallest absolute Gasteiger partial charge is 0.213 e. The maximum atomic E-state index is 9.61. The number of para-hydroxylation sites is 1. The highest BCUT2D eigenvalue weighted by atomic mass is 16.7. The molecule has 0 saturated carbocycles. The first-order valence-corrected chi connectivity index (χ1v) is 10.6. The van der Waals surface area contributed by atoms with E-state index in [9.17, 15) is 5.26 Å². The van der Waals surface area contributed by atoms with Crippen molar-refractivity contribution in [1.82, 2.24) is 4.98 Å². The summed E-state index contributed by atoms with van der Waals surface area (Å²) in [5, 5.41) is 14.2. The number of fused-ring (bicyclic) bond motifs is 1. The van der Waals surface area contributed by atoms with Crippen molar-refractivity contribution < 1.29 is 18.6 Å². The second-order valence-electron chi connectivity index (χ2n) is 7.95. The topological polar surface area (TPSA) is 89.5 Å². The van der Waals surface area contributed by atoms with Crippen LogP contribution in [-0.4, -0.2) is 31.1 Å². The second kappa shape index (κ2) is 8.24. The summed E-state index contributed by atoms with van der Waals surface area (Å²) in [6, 6.07) is 23.1. The van der Waals surface area contributed by atoms with E-state index in [0.717, 1.165) is 22.1 Å². The van der Waals surface area contributed by atoms with Crippen LogP contribution in [0.3, 0.4) is 0 Å². The third-order valence-electron chi connectivity index (χ3n) is 6.06. The highest BCUT2D eigenvalue weighted by Crippen LogP contribution is 2.48. The standard InChI is InChI=1S/C26H23N3O4/c1-25(31-12-13-32-25)26(20-8-5-6-18(14-20)17-27,21-10-11-28-23(16-21)30-2)29-24-15-19-7-3-4-9-22(19)33-24/h3-11,14-16,29H,12-13H2,1-2H3. The summed E-state index contributed by atoms with van der Waals surface area (Å²) in [6.45, 7) is 2.75. The molecule has 0 radical (unpaired) electrons. The van der Waals surface area contributed by atoms with Crippen molar-refractivity contribution in [2.45, 2.75) is 18.2 Å². The number of hydrogen-bond donors (Lipinski definition) is 1. The van der Waals surface area contributed by atoms with E-state index in [-0.39, 0.29) is 0 Å². The number of nitrogens with one attached hydrogen (secondary N) is 1. The molecule has 7 heteroatoms. The molecule has 1 N–H and O–H groups in total. The molecule has 33 heavy (non-hydrogen) atoms. The Bertz CT molecular complexity index is 1300. The number of aromatic nitrogens is 1. The Balaban J connectivity index is 1.79. The van der Waals surface area contributed by atoms with E-state index >= 15 is 0 Å². The number of nitriles is 1. The van der Waals surface area contributed by atoms with Crippen LogP contribution in [0.1, 0.15) is 23.6 Å². The fourth-order valence-electron chi connectivity index (χ4n) is 4.48. The Hall–Kier alpha value is -3.86. The van der Waals surface area contributed by atoms with Crippen molar-refractivity contribution in [1.29, 1.82) is 5.26 Å². The molecule has 0 amide bonds. The fraction of sp³-hybridized carbons (Fsp3) is 0.231. The van der Waals surface area contributed by atoms with Crippen molar-refractivity contribution in [3.63, 3.8) is 0 Å². The van der Waals surface area contributed by atoms with E-state index in [4.69, 9.17) is 18.6 Å². The van der Waals surface area contributed by atoms with Gasteiger partial charge in [0.2, 0.25) is 5.88 Å². The Morgan fingerprint density at radius 1 is 1.03 bits per heavy atom. The fourth-order valence-corrected chi connectivity index (χ4v) is 4.48. The summed E-state index contributed by atoms with van der Waals surface area (Å²) >= 11 is 0. The second-order valence-corrected chi connectivity index (χ2v) is 7.95. The average molecular weight is 441 g/mol. The normalized spacial score (nSPS) is 16.8. The molecule has 0 bridgehead atoms. The van der Waals surface area contributed by atoms with E-state index in [2.05, 4.69) is 16.4 Å². The van der Waals surface area contributed by atoms with Gasteiger partial charge in [0, 0.05) is 23.7 Å². The number of anilines is 1. The van der Waals surface area contributed by atoms with E-state index in [1.54, 1.807) is 19.4 Å². The summed E-state index contributed by atoms with van der Waals surface area (Å²) in [5.74, 6) is -0.150. The lowest BCUT2D eigenvalue weighted by atomic mass is 9.76. The predicted molar refractivity (Wildman–Crippen MR) is 123 cm³/mol. The van der Waals surface area contributed by atoms with Crippen LogP contribution in [0.4, 0.5) is 5.88 Å². The van der Waals surface area contributed by atoms with Crippen LogP contribution in [0.15, 0.2) is 77.3 Å². The first-order valence-electron chi connectivity index (χ1n) is 10.6. The highest BCUT2D eigenvalue weighted by Gasteiger charge is 2.56. The molecule has 1 atom stereocenters. The highest BCUT2D eigenvalue weighted by molar-refractivity contribution is 5.81. The molecule has 1 unspecified atom stereocenters. The summed E-state index contributed by atoms with van der Waals surface area (Å²) in [7, 11) is 1.57. The lowest BCUT2D eigenvalue weighted by molar-refractivity contribution is -0.177. The Morgan fingerprint density at radius 2 is 1.82 bits per heavy atom. The van der Waals surface area contributed by atoms with Crippen molar-refractivity contribution in [3.8, 4) is 11.9 Å². The average Bonchev–Trinajstić information content (AvgIpc) is 3.49. The maximum absolute atomic E-state index is 9.61. The number of pyridine rings is 1. The molecule has 3 heterocycles. The Labute approximate surface area is 191 Å². The number of rotatable bonds is 6. The molecule has 7 nitrogen and oxygen atoms in total. The molecule has 1 saturated heterocycles. The molecule has 2 aromatic heterocycles. The van der Waals surface area contributed by atoms with Crippen LogP contribution in [0, 0.1) is 11.3 Å². The minimum Gasteiger partial charge on any atom is -0.481 e. The molecule has 0 aliphatic carbocycles. The summed E-state index contributed by atoms with van der Waals surface area (Å²) < 4.78 is 24.1. The zero-order chi connectivity index (χ0) is 22.9. The zero-order valence-electron chi connectivity index (χ0n) is 18.4. The first-order chi connectivity index (χ1) is 16.1. The lowest BCUT2D eigenvalue weighted by Crippen LogP contribution is -2.56. The van der Waals surface area contributed by atoms with Gasteiger partial charge in [-0.1, -0.05) is 30.3 Å². The van der Waals surface area contributed by atoms with Crippen LogP contribution in [0.5, 0.6) is 5.88 Å². The number of benzene rings is 2. The molecule has 1 fully saturated rings. The maximum Gasteiger partial charge on any atom is 0.213 e. The van der Waals surface area contributed by atoms with Crippen LogP contribution in [0.2, 0.25) is 0 Å². The molecule has 166 valence electrons.